The molecule has 2 atom stereocenters. The van der Waals surface area contributed by atoms with Crippen LogP contribution in [0.25, 0.3) is 11.0 Å². The summed E-state index contributed by atoms with van der Waals surface area (Å²) in [6.45, 7) is 4.30. The fourth-order valence-electron chi connectivity index (χ4n) is 4.18. The second-order valence-electron chi connectivity index (χ2n) is 7.36. The van der Waals surface area contributed by atoms with E-state index in [1.807, 2.05) is 18.2 Å². The number of nitrogens with one attached hydrogen (secondary N) is 1. The summed E-state index contributed by atoms with van der Waals surface area (Å²) in [7, 11) is 1.73. The lowest BCUT2D eigenvalue weighted by Gasteiger charge is -2.22. The summed E-state index contributed by atoms with van der Waals surface area (Å²) in [6, 6.07) is 5.36. The predicted molar refractivity (Wildman–Crippen MR) is 99.2 cm³/mol. The third kappa shape index (κ3) is 2.62. The van der Waals surface area contributed by atoms with Gasteiger partial charge in [0.2, 0.25) is 11.8 Å². The van der Waals surface area contributed by atoms with Crippen molar-refractivity contribution >= 4 is 28.5 Å². The minimum absolute atomic E-state index is 0.223. The first-order valence-corrected chi connectivity index (χ1v) is 9.29. The summed E-state index contributed by atoms with van der Waals surface area (Å²) >= 11 is 0. The molecule has 138 valence electrons. The average Bonchev–Trinajstić information content (AvgIpc) is 3.20. The molecule has 4 rings (SSSR count). The molecule has 2 aliphatic heterocycles. The molecule has 1 aromatic heterocycles. The van der Waals surface area contributed by atoms with Crippen molar-refractivity contribution in [3.05, 3.63) is 28.7 Å². The number of hydrogen-bond acceptors (Lipinski definition) is 4. The Morgan fingerprint density at radius 2 is 1.96 bits per heavy atom. The second kappa shape index (κ2) is 6.30. The van der Waals surface area contributed by atoms with Crippen molar-refractivity contribution in [3.63, 3.8) is 0 Å². The first kappa shape index (κ1) is 16.9. The lowest BCUT2D eigenvalue weighted by Crippen LogP contribution is -2.44. The highest BCUT2D eigenvalue weighted by Gasteiger charge is 2.31. The van der Waals surface area contributed by atoms with Crippen LogP contribution >= 0.6 is 0 Å². The fraction of sp³-hybridized carbons (Fsp3) is 0.526. The number of amides is 2. The molecule has 7 nitrogen and oxygen atoms in total. The maximum atomic E-state index is 12.8. The molecule has 2 amide bonds. The van der Waals surface area contributed by atoms with Gasteiger partial charge in [-0.05, 0) is 37.0 Å². The maximum Gasteiger partial charge on any atom is 0.329 e. The number of carbonyl (C=O) groups is 2. The molecular weight excluding hydrogens is 332 g/mol. The number of imidazole rings is 1. The van der Waals surface area contributed by atoms with Crippen LogP contribution in [0.3, 0.4) is 0 Å². The fourth-order valence-corrected chi connectivity index (χ4v) is 4.18. The molecule has 1 unspecified atom stereocenters. The van der Waals surface area contributed by atoms with Gasteiger partial charge in [-0.1, -0.05) is 13.3 Å². The van der Waals surface area contributed by atoms with Crippen LogP contribution in [-0.4, -0.2) is 34.0 Å². The SMILES string of the molecule is CC[C@H]1CCN(c2ccc3c(c2)n(C)c(=O)n3C2CCC(=O)NC2=O)C1. The Morgan fingerprint density at radius 3 is 2.65 bits per heavy atom. The Bertz CT molecular complexity index is 942. The molecule has 3 heterocycles. The molecule has 2 fully saturated rings. The summed E-state index contributed by atoms with van der Waals surface area (Å²) in [5.41, 5.74) is 2.45. The Balaban J connectivity index is 1.75. The van der Waals surface area contributed by atoms with Crippen LogP contribution < -0.4 is 15.9 Å². The van der Waals surface area contributed by atoms with Crippen molar-refractivity contribution in [1.82, 2.24) is 14.5 Å². The lowest BCUT2D eigenvalue weighted by molar-refractivity contribution is -0.135. The van der Waals surface area contributed by atoms with Gasteiger partial charge in [-0.3, -0.25) is 24.0 Å². The highest BCUT2D eigenvalue weighted by Crippen LogP contribution is 2.29. The summed E-state index contributed by atoms with van der Waals surface area (Å²) < 4.78 is 3.12. The number of rotatable bonds is 3. The Kier molecular flexibility index (Phi) is 4.09. The topological polar surface area (TPSA) is 76.3 Å². The standard InChI is InChI=1S/C19H24N4O3/c1-3-12-8-9-22(11-12)13-4-5-14-16(10-13)21(2)19(26)23(14)15-6-7-17(24)20-18(15)25/h4-5,10,12,15H,3,6-9,11H2,1-2H3,(H,20,24,25)/t12-,15?/m0/s1. The van der Waals surface area contributed by atoms with E-state index in [0.717, 1.165) is 35.7 Å². The van der Waals surface area contributed by atoms with E-state index in [0.29, 0.717) is 6.42 Å². The van der Waals surface area contributed by atoms with Crippen molar-refractivity contribution in [2.75, 3.05) is 18.0 Å². The van der Waals surface area contributed by atoms with Gasteiger partial charge in [0.1, 0.15) is 6.04 Å². The van der Waals surface area contributed by atoms with E-state index in [9.17, 15) is 14.4 Å². The van der Waals surface area contributed by atoms with Gasteiger partial charge < -0.3 is 4.90 Å². The van der Waals surface area contributed by atoms with Gasteiger partial charge in [0.25, 0.3) is 0 Å². The predicted octanol–water partition coefficient (Wildman–Crippen LogP) is 1.55. The van der Waals surface area contributed by atoms with E-state index in [4.69, 9.17) is 0 Å². The number of fused-ring (bicyclic) bond motifs is 1. The first-order valence-electron chi connectivity index (χ1n) is 9.29. The molecule has 2 aliphatic rings. The van der Waals surface area contributed by atoms with E-state index < -0.39 is 11.9 Å². The van der Waals surface area contributed by atoms with Gasteiger partial charge in [-0.15, -0.1) is 0 Å². The number of anilines is 1. The summed E-state index contributed by atoms with van der Waals surface area (Å²) in [5.74, 6) is 0.0502. The van der Waals surface area contributed by atoms with Crippen LogP contribution in [0.1, 0.15) is 38.6 Å². The number of hydrogen-bond donors (Lipinski definition) is 1. The highest BCUT2D eigenvalue weighted by molar-refractivity contribution is 6.00. The van der Waals surface area contributed by atoms with Gasteiger partial charge in [0.05, 0.1) is 11.0 Å². The minimum Gasteiger partial charge on any atom is -0.371 e. The van der Waals surface area contributed by atoms with E-state index in [-0.39, 0.29) is 18.0 Å². The van der Waals surface area contributed by atoms with Crippen molar-refractivity contribution in [2.45, 2.75) is 38.6 Å². The number of carbonyl (C=O) groups excluding carboxylic acids is 2. The van der Waals surface area contributed by atoms with Crippen LogP contribution in [0.4, 0.5) is 5.69 Å². The van der Waals surface area contributed by atoms with Crippen LogP contribution in [0.5, 0.6) is 0 Å². The van der Waals surface area contributed by atoms with Crippen molar-refractivity contribution in [3.8, 4) is 0 Å². The van der Waals surface area contributed by atoms with E-state index in [2.05, 4.69) is 17.1 Å². The van der Waals surface area contributed by atoms with E-state index in [1.54, 1.807) is 11.6 Å². The van der Waals surface area contributed by atoms with Crippen molar-refractivity contribution < 1.29 is 9.59 Å². The molecule has 2 saturated heterocycles. The number of aryl methyl sites for hydroxylation is 1. The molecule has 1 N–H and O–H groups in total. The smallest absolute Gasteiger partial charge is 0.329 e. The van der Waals surface area contributed by atoms with E-state index >= 15 is 0 Å². The summed E-state index contributed by atoms with van der Waals surface area (Å²) in [4.78, 5) is 38.8. The van der Waals surface area contributed by atoms with Gasteiger partial charge in [-0.25, -0.2) is 4.79 Å². The molecular formula is C19H24N4O3. The van der Waals surface area contributed by atoms with Gasteiger partial charge in [0, 0.05) is 32.2 Å². The van der Waals surface area contributed by atoms with Crippen LogP contribution in [0.15, 0.2) is 23.0 Å². The van der Waals surface area contributed by atoms with Crippen LogP contribution in [0.2, 0.25) is 0 Å². The minimum atomic E-state index is -0.633. The molecule has 0 saturated carbocycles. The zero-order chi connectivity index (χ0) is 18.4. The summed E-state index contributed by atoms with van der Waals surface area (Å²) in [5, 5.41) is 2.34. The van der Waals surface area contributed by atoms with Crippen molar-refractivity contribution in [1.29, 1.82) is 0 Å². The molecule has 7 heteroatoms. The molecule has 2 aromatic rings. The van der Waals surface area contributed by atoms with Gasteiger partial charge >= 0.3 is 5.69 Å². The zero-order valence-corrected chi connectivity index (χ0v) is 15.2. The van der Waals surface area contributed by atoms with Crippen LogP contribution in [-0.2, 0) is 16.6 Å². The number of benzene rings is 1. The Hall–Kier alpha value is -2.57. The molecule has 0 aliphatic carbocycles. The quantitative estimate of drug-likeness (QED) is 0.847. The number of nitrogens with zero attached hydrogens (tertiary/aromatic N) is 3. The highest BCUT2D eigenvalue weighted by atomic mass is 16.2. The van der Waals surface area contributed by atoms with Gasteiger partial charge in [-0.2, -0.15) is 0 Å². The largest absolute Gasteiger partial charge is 0.371 e. The Morgan fingerprint density at radius 1 is 1.15 bits per heavy atom. The third-order valence-corrected chi connectivity index (χ3v) is 5.82. The summed E-state index contributed by atoms with van der Waals surface area (Å²) in [6.07, 6.45) is 2.99. The second-order valence-corrected chi connectivity index (χ2v) is 7.36. The Labute approximate surface area is 151 Å². The van der Waals surface area contributed by atoms with Crippen LogP contribution in [0, 0.1) is 5.92 Å². The molecule has 0 radical (unpaired) electrons. The monoisotopic (exact) mass is 356 g/mol. The maximum absolute atomic E-state index is 12.8. The molecule has 0 bridgehead atoms. The van der Waals surface area contributed by atoms with Gasteiger partial charge in [0.15, 0.2) is 0 Å². The lowest BCUT2D eigenvalue weighted by atomic mass is 10.1. The average molecular weight is 356 g/mol. The van der Waals surface area contributed by atoms with E-state index in [1.165, 1.54) is 17.4 Å². The zero-order valence-electron chi connectivity index (χ0n) is 15.2. The normalized spacial score (nSPS) is 23.7. The molecule has 0 spiro atoms. The number of piperidine rings is 1. The third-order valence-electron chi connectivity index (χ3n) is 5.82. The first-order chi connectivity index (χ1) is 12.5. The molecule has 1 aromatic carbocycles. The van der Waals surface area contributed by atoms with Crippen molar-refractivity contribution in [2.24, 2.45) is 13.0 Å². The molecule has 26 heavy (non-hydrogen) atoms. The number of imide groups is 1. The number of aromatic nitrogens is 2.